The van der Waals surface area contributed by atoms with Crippen LogP contribution in [0.2, 0.25) is 0 Å². The van der Waals surface area contributed by atoms with Crippen LogP contribution in [-0.2, 0) is 4.79 Å². The zero-order valence-electron chi connectivity index (χ0n) is 6.53. The number of carboxylic acids is 1. The van der Waals surface area contributed by atoms with E-state index >= 15 is 0 Å². The molecule has 0 unspecified atom stereocenters. The van der Waals surface area contributed by atoms with Crippen molar-refractivity contribution in [2.75, 3.05) is 0 Å². The van der Waals surface area contributed by atoms with Gasteiger partial charge in [-0.1, -0.05) is 6.92 Å². The SMILES string of the molecule is CC[C@@H](O)C[C@H](O)CC(=O)O. The molecule has 0 aromatic carbocycles. The van der Waals surface area contributed by atoms with Crippen LogP contribution in [0.3, 0.4) is 0 Å². The van der Waals surface area contributed by atoms with Gasteiger partial charge in [-0.3, -0.25) is 4.79 Å². The average molecular weight is 162 g/mol. The molecule has 11 heavy (non-hydrogen) atoms. The summed E-state index contributed by atoms with van der Waals surface area (Å²) < 4.78 is 0. The van der Waals surface area contributed by atoms with Crippen molar-refractivity contribution < 1.29 is 20.1 Å². The third kappa shape index (κ3) is 5.82. The summed E-state index contributed by atoms with van der Waals surface area (Å²) in [6, 6.07) is 0. The van der Waals surface area contributed by atoms with Crippen LogP contribution in [0.4, 0.5) is 0 Å². The molecule has 0 aliphatic rings. The lowest BCUT2D eigenvalue weighted by atomic mass is 10.1. The van der Waals surface area contributed by atoms with Gasteiger partial charge in [0.2, 0.25) is 0 Å². The van der Waals surface area contributed by atoms with Gasteiger partial charge < -0.3 is 15.3 Å². The van der Waals surface area contributed by atoms with Crippen molar-refractivity contribution in [3.63, 3.8) is 0 Å². The lowest BCUT2D eigenvalue weighted by Crippen LogP contribution is -2.19. The van der Waals surface area contributed by atoms with E-state index in [1.54, 1.807) is 6.92 Å². The van der Waals surface area contributed by atoms with Gasteiger partial charge in [0, 0.05) is 0 Å². The van der Waals surface area contributed by atoms with E-state index in [0.29, 0.717) is 6.42 Å². The molecule has 0 bridgehead atoms. The zero-order chi connectivity index (χ0) is 8.85. The van der Waals surface area contributed by atoms with Gasteiger partial charge in [-0.25, -0.2) is 0 Å². The van der Waals surface area contributed by atoms with Crippen molar-refractivity contribution in [2.45, 2.75) is 38.4 Å². The van der Waals surface area contributed by atoms with Crippen molar-refractivity contribution >= 4 is 5.97 Å². The number of aliphatic hydroxyl groups is 2. The lowest BCUT2D eigenvalue weighted by Gasteiger charge is -2.11. The van der Waals surface area contributed by atoms with Crippen LogP contribution in [0.15, 0.2) is 0 Å². The van der Waals surface area contributed by atoms with Crippen LogP contribution in [0.1, 0.15) is 26.2 Å². The number of aliphatic hydroxyl groups excluding tert-OH is 2. The molecule has 0 aromatic heterocycles. The monoisotopic (exact) mass is 162 g/mol. The molecule has 0 aliphatic heterocycles. The van der Waals surface area contributed by atoms with Gasteiger partial charge >= 0.3 is 5.97 Å². The fourth-order valence-electron chi connectivity index (χ4n) is 0.766. The van der Waals surface area contributed by atoms with Crippen molar-refractivity contribution in [2.24, 2.45) is 0 Å². The van der Waals surface area contributed by atoms with Gasteiger partial charge in [0.25, 0.3) is 0 Å². The maximum atomic E-state index is 10.0. The Balaban J connectivity index is 3.51. The van der Waals surface area contributed by atoms with Crippen molar-refractivity contribution in [3.05, 3.63) is 0 Å². The normalized spacial score (nSPS) is 15.9. The first kappa shape index (κ1) is 10.4. The van der Waals surface area contributed by atoms with Crippen LogP contribution in [0.25, 0.3) is 0 Å². The molecule has 0 aliphatic carbocycles. The minimum Gasteiger partial charge on any atom is -0.481 e. The van der Waals surface area contributed by atoms with E-state index in [-0.39, 0.29) is 12.8 Å². The number of aliphatic carboxylic acids is 1. The van der Waals surface area contributed by atoms with E-state index in [2.05, 4.69) is 0 Å². The molecule has 4 nitrogen and oxygen atoms in total. The molecule has 0 rings (SSSR count). The molecule has 0 radical (unpaired) electrons. The number of hydrogen-bond donors (Lipinski definition) is 3. The zero-order valence-corrected chi connectivity index (χ0v) is 6.53. The molecule has 0 aromatic rings. The first-order valence-electron chi connectivity index (χ1n) is 3.64. The molecular formula is C7H14O4. The van der Waals surface area contributed by atoms with Gasteiger partial charge in [0.05, 0.1) is 18.6 Å². The lowest BCUT2D eigenvalue weighted by molar-refractivity contribution is -0.139. The van der Waals surface area contributed by atoms with E-state index in [0.717, 1.165) is 0 Å². The summed E-state index contributed by atoms with van der Waals surface area (Å²) in [6.45, 7) is 1.78. The van der Waals surface area contributed by atoms with E-state index in [1.807, 2.05) is 0 Å². The smallest absolute Gasteiger partial charge is 0.305 e. The van der Waals surface area contributed by atoms with Crippen molar-refractivity contribution in [3.8, 4) is 0 Å². The molecule has 0 saturated carbocycles. The highest BCUT2D eigenvalue weighted by Crippen LogP contribution is 2.04. The Labute approximate surface area is 65.5 Å². The third-order valence-corrected chi connectivity index (χ3v) is 1.43. The molecule has 4 heteroatoms. The Morgan fingerprint density at radius 1 is 1.36 bits per heavy atom. The highest BCUT2D eigenvalue weighted by molar-refractivity contribution is 5.67. The van der Waals surface area contributed by atoms with Gasteiger partial charge in [-0.2, -0.15) is 0 Å². The van der Waals surface area contributed by atoms with Crippen LogP contribution in [0.5, 0.6) is 0 Å². The number of carbonyl (C=O) groups is 1. The highest BCUT2D eigenvalue weighted by atomic mass is 16.4. The quantitative estimate of drug-likeness (QED) is 0.531. The first-order valence-corrected chi connectivity index (χ1v) is 3.64. The average Bonchev–Trinajstić information content (AvgIpc) is 1.85. The Kier molecular flexibility index (Phi) is 4.81. The van der Waals surface area contributed by atoms with Gasteiger partial charge in [-0.15, -0.1) is 0 Å². The van der Waals surface area contributed by atoms with E-state index in [1.165, 1.54) is 0 Å². The first-order chi connectivity index (χ1) is 5.06. The largest absolute Gasteiger partial charge is 0.481 e. The molecule has 2 atom stereocenters. The summed E-state index contributed by atoms with van der Waals surface area (Å²) >= 11 is 0. The Bertz CT molecular complexity index is 124. The van der Waals surface area contributed by atoms with E-state index in [9.17, 15) is 4.79 Å². The fraction of sp³-hybridized carbons (Fsp3) is 0.857. The van der Waals surface area contributed by atoms with E-state index in [4.69, 9.17) is 15.3 Å². The summed E-state index contributed by atoms with van der Waals surface area (Å²) in [5.74, 6) is -1.04. The van der Waals surface area contributed by atoms with Crippen molar-refractivity contribution in [1.29, 1.82) is 0 Å². The second-order valence-electron chi connectivity index (χ2n) is 2.55. The third-order valence-electron chi connectivity index (χ3n) is 1.43. The Morgan fingerprint density at radius 2 is 1.91 bits per heavy atom. The minimum absolute atomic E-state index is 0.142. The summed E-state index contributed by atoms with van der Waals surface area (Å²) in [5, 5.41) is 26.2. The highest BCUT2D eigenvalue weighted by Gasteiger charge is 2.13. The fourth-order valence-corrected chi connectivity index (χ4v) is 0.766. The Hall–Kier alpha value is -0.610. The molecular weight excluding hydrogens is 148 g/mol. The molecule has 0 amide bonds. The van der Waals surface area contributed by atoms with E-state index < -0.39 is 18.2 Å². The summed E-state index contributed by atoms with van der Waals surface area (Å²) in [4.78, 5) is 10.0. The summed E-state index contributed by atoms with van der Waals surface area (Å²) in [6.07, 6.45) is -1.14. The van der Waals surface area contributed by atoms with Gasteiger partial charge in [0.1, 0.15) is 0 Å². The summed E-state index contributed by atoms with van der Waals surface area (Å²) in [5.41, 5.74) is 0. The topological polar surface area (TPSA) is 77.8 Å². The van der Waals surface area contributed by atoms with Crippen LogP contribution in [-0.4, -0.2) is 33.5 Å². The van der Waals surface area contributed by atoms with Crippen LogP contribution in [0, 0.1) is 0 Å². The van der Waals surface area contributed by atoms with Crippen LogP contribution >= 0.6 is 0 Å². The van der Waals surface area contributed by atoms with Gasteiger partial charge in [-0.05, 0) is 12.8 Å². The summed E-state index contributed by atoms with van der Waals surface area (Å²) in [7, 11) is 0. The standard InChI is InChI=1S/C7H14O4/c1-2-5(8)3-6(9)4-7(10)11/h5-6,8-9H,2-4H2,1H3,(H,10,11)/t5-,6+/m1/s1. The molecule has 0 fully saturated rings. The molecule has 66 valence electrons. The molecule has 3 N–H and O–H groups in total. The maximum Gasteiger partial charge on any atom is 0.305 e. The van der Waals surface area contributed by atoms with Crippen molar-refractivity contribution in [1.82, 2.24) is 0 Å². The number of carboxylic acid groups (broad SMARTS) is 1. The molecule has 0 saturated heterocycles. The predicted molar refractivity (Wildman–Crippen MR) is 39.2 cm³/mol. The second-order valence-corrected chi connectivity index (χ2v) is 2.55. The van der Waals surface area contributed by atoms with Crippen LogP contribution < -0.4 is 0 Å². The minimum atomic E-state index is -1.04. The predicted octanol–water partition coefficient (Wildman–Crippen LogP) is -0.0170. The molecule has 0 heterocycles. The number of rotatable bonds is 5. The van der Waals surface area contributed by atoms with Gasteiger partial charge in [0.15, 0.2) is 0 Å². The molecule has 0 spiro atoms. The maximum absolute atomic E-state index is 10.0. The Morgan fingerprint density at radius 3 is 2.27 bits per heavy atom. The number of hydrogen-bond acceptors (Lipinski definition) is 3. The second kappa shape index (κ2) is 5.09.